The maximum Gasteiger partial charge on any atom is 0.231 e. The minimum Gasteiger partial charge on any atom is -0.507 e. The summed E-state index contributed by atoms with van der Waals surface area (Å²) < 4.78 is 23.7. The maximum atomic E-state index is 13.1. The van der Waals surface area contributed by atoms with Crippen molar-refractivity contribution in [1.82, 2.24) is 0 Å². The Balaban J connectivity index is 1.53. The second-order valence-electron chi connectivity index (χ2n) is 6.25. The standard InChI is InChI=1S/C18H18FNO3/c19-14-3-1-12(2-4-14)9-20(15-5-6-15)10-13-7-17-18(8-16(13)21)23-11-22-17/h1-4,7-8,15,21H,5-6,9-11H2/p+1. The number of nitrogens with one attached hydrogen (secondary N) is 1. The molecule has 0 radical (unpaired) electrons. The first-order chi connectivity index (χ1) is 11.2. The SMILES string of the molecule is Oc1cc2c(cc1C[NH+](Cc1ccc(F)cc1)C1CC1)OCO2. The molecule has 2 aliphatic rings. The molecule has 2 N–H and O–H groups in total. The number of fused-ring (bicyclic) bond motifs is 1. The molecule has 2 aromatic carbocycles. The van der Waals surface area contributed by atoms with Gasteiger partial charge in [-0.05, 0) is 18.2 Å². The van der Waals surface area contributed by atoms with Crippen LogP contribution >= 0.6 is 0 Å². The fraction of sp³-hybridized carbons (Fsp3) is 0.333. The van der Waals surface area contributed by atoms with Crippen molar-refractivity contribution in [2.75, 3.05) is 6.79 Å². The van der Waals surface area contributed by atoms with Crippen molar-refractivity contribution in [2.24, 2.45) is 0 Å². The highest BCUT2D eigenvalue weighted by molar-refractivity contribution is 5.50. The molecule has 0 spiro atoms. The number of halogens is 1. The average Bonchev–Trinajstić information content (AvgIpc) is 3.29. The lowest BCUT2D eigenvalue weighted by atomic mass is 10.1. The summed E-state index contributed by atoms with van der Waals surface area (Å²) in [6.45, 7) is 1.73. The molecular formula is C18H19FNO3+. The lowest BCUT2D eigenvalue weighted by Crippen LogP contribution is -3.10. The lowest BCUT2D eigenvalue weighted by Gasteiger charge is -2.20. The summed E-state index contributed by atoms with van der Waals surface area (Å²) in [5.74, 6) is 1.31. The predicted octanol–water partition coefficient (Wildman–Crippen LogP) is 2.01. The van der Waals surface area contributed by atoms with Crippen LogP contribution in [0.5, 0.6) is 17.2 Å². The molecule has 1 heterocycles. The van der Waals surface area contributed by atoms with E-state index < -0.39 is 0 Å². The zero-order valence-electron chi connectivity index (χ0n) is 12.7. The first-order valence-electron chi connectivity index (χ1n) is 7.89. The molecule has 1 aliphatic carbocycles. The quantitative estimate of drug-likeness (QED) is 0.887. The summed E-state index contributed by atoms with van der Waals surface area (Å²) in [6, 6.07) is 10.7. The van der Waals surface area contributed by atoms with Crippen molar-refractivity contribution in [3.63, 3.8) is 0 Å². The van der Waals surface area contributed by atoms with Gasteiger partial charge in [0.25, 0.3) is 0 Å². The Labute approximate surface area is 134 Å². The summed E-state index contributed by atoms with van der Waals surface area (Å²) >= 11 is 0. The minimum atomic E-state index is -0.213. The Hall–Kier alpha value is -2.27. The zero-order chi connectivity index (χ0) is 15.8. The van der Waals surface area contributed by atoms with Crippen molar-refractivity contribution in [3.05, 3.63) is 53.3 Å². The van der Waals surface area contributed by atoms with Gasteiger partial charge in [0.1, 0.15) is 24.7 Å². The van der Waals surface area contributed by atoms with E-state index in [-0.39, 0.29) is 18.4 Å². The lowest BCUT2D eigenvalue weighted by molar-refractivity contribution is -0.938. The van der Waals surface area contributed by atoms with Crippen molar-refractivity contribution < 1.29 is 23.9 Å². The van der Waals surface area contributed by atoms with Crippen LogP contribution in [0.3, 0.4) is 0 Å². The molecule has 1 unspecified atom stereocenters. The molecule has 1 atom stereocenters. The van der Waals surface area contributed by atoms with E-state index in [1.54, 1.807) is 6.07 Å². The minimum absolute atomic E-state index is 0.201. The van der Waals surface area contributed by atoms with Gasteiger partial charge in [0, 0.05) is 24.5 Å². The van der Waals surface area contributed by atoms with Crippen LogP contribution in [0.1, 0.15) is 24.0 Å². The van der Waals surface area contributed by atoms with Gasteiger partial charge < -0.3 is 19.5 Å². The molecule has 5 heteroatoms. The molecule has 4 nitrogen and oxygen atoms in total. The number of ether oxygens (including phenoxy) is 2. The van der Waals surface area contributed by atoms with Crippen LogP contribution in [0.4, 0.5) is 4.39 Å². The fourth-order valence-electron chi connectivity index (χ4n) is 3.07. The van der Waals surface area contributed by atoms with Gasteiger partial charge in [-0.25, -0.2) is 4.39 Å². The van der Waals surface area contributed by atoms with Gasteiger partial charge in [0.15, 0.2) is 11.5 Å². The highest BCUT2D eigenvalue weighted by atomic mass is 19.1. The van der Waals surface area contributed by atoms with E-state index in [0.29, 0.717) is 24.1 Å². The van der Waals surface area contributed by atoms with Gasteiger partial charge in [-0.3, -0.25) is 0 Å². The number of aromatic hydroxyl groups is 1. The number of hydrogen-bond donors (Lipinski definition) is 2. The first kappa shape index (κ1) is 14.3. The van der Waals surface area contributed by atoms with E-state index in [4.69, 9.17) is 9.47 Å². The molecule has 0 amide bonds. The second-order valence-corrected chi connectivity index (χ2v) is 6.25. The van der Waals surface area contributed by atoms with E-state index in [2.05, 4.69) is 0 Å². The molecule has 0 aromatic heterocycles. The number of rotatable bonds is 5. The summed E-state index contributed by atoms with van der Waals surface area (Å²) in [6.07, 6.45) is 2.39. The predicted molar refractivity (Wildman–Crippen MR) is 82.0 cm³/mol. The number of phenols is 1. The van der Waals surface area contributed by atoms with Crippen molar-refractivity contribution in [3.8, 4) is 17.2 Å². The van der Waals surface area contributed by atoms with Crippen LogP contribution in [0.2, 0.25) is 0 Å². The van der Waals surface area contributed by atoms with Gasteiger partial charge >= 0.3 is 0 Å². The molecule has 1 aliphatic heterocycles. The zero-order valence-corrected chi connectivity index (χ0v) is 12.7. The van der Waals surface area contributed by atoms with Gasteiger partial charge in [0.2, 0.25) is 6.79 Å². The third kappa shape index (κ3) is 3.10. The third-order valence-electron chi connectivity index (χ3n) is 4.49. The van der Waals surface area contributed by atoms with Crippen LogP contribution in [0, 0.1) is 5.82 Å². The van der Waals surface area contributed by atoms with Crippen molar-refractivity contribution in [1.29, 1.82) is 0 Å². The Bertz CT molecular complexity index is 713. The molecule has 120 valence electrons. The molecule has 1 saturated carbocycles. The number of phenolic OH excluding ortho intramolecular Hbond substituents is 1. The topological polar surface area (TPSA) is 43.1 Å². The van der Waals surface area contributed by atoms with E-state index in [1.165, 1.54) is 29.9 Å². The highest BCUT2D eigenvalue weighted by Gasteiger charge is 2.34. The number of hydrogen-bond acceptors (Lipinski definition) is 3. The van der Waals surface area contributed by atoms with Crippen LogP contribution in [0.25, 0.3) is 0 Å². The van der Waals surface area contributed by atoms with Gasteiger partial charge in [-0.2, -0.15) is 0 Å². The molecule has 1 fully saturated rings. The van der Waals surface area contributed by atoms with Crippen LogP contribution in [0.15, 0.2) is 36.4 Å². The van der Waals surface area contributed by atoms with Crippen LogP contribution in [-0.2, 0) is 13.1 Å². The molecule has 23 heavy (non-hydrogen) atoms. The van der Waals surface area contributed by atoms with Gasteiger partial charge in [-0.15, -0.1) is 0 Å². The molecule has 2 aromatic rings. The monoisotopic (exact) mass is 316 g/mol. The largest absolute Gasteiger partial charge is 0.507 e. The number of quaternary nitrogens is 1. The molecular weight excluding hydrogens is 297 g/mol. The Morgan fingerprint density at radius 2 is 1.74 bits per heavy atom. The second kappa shape index (κ2) is 5.74. The van der Waals surface area contributed by atoms with E-state index in [1.807, 2.05) is 18.2 Å². The van der Waals surface area contributed by atoms with Crippen LogP contribution in [-0.4, -0.2) is 17.9 Å². The summed E-state index contributed by atoms with van der Waals surface area (Å²) in [5.41, 5.74) is 1.96. The smallest absolute Gasteiger partial charge is 0.231 e. The molecule has 0 bridgehead atoms. The fourth-order valence-corrected chi connectivity index (χ4v) is 3.07. The molecule has 4 rings (SSSR count). The molecule has 0 saturated heterocycles. The van der Waals surface area contributed by atoms with Crippen molar-refractivity contribution >= 4 is 0 Å². The van der Waals surface area contributed by atoms with Crippen LogP contribution < -0.4 is 14.4 Å². The number of benzene rings is 2. The van der Waals surface area contributed by atoms with Gasteiger partial charge in [-0.1, -0.05) is 12.1 Å². The van der Waals surface area contributed by atoms with Crippen molar-refractivity contribution in [2.45, 2.75) is 32.0 Å². The Morgan fingerprint density at radius 1 is 1.04 bits per heavy atom. The maximum absolute atomic E-state index is 13.1. The normalized spacial score (nSPS) is 17.3. The summed E-state index contributed by atoms with van der Waals surface area (Å²) in [7, 11) is 0. The Kier molecular flexibility index (Phi) is 3.58. The van der Waals surface area contributed by atoms with E-state index in [0.717, 1.165) is 17.7 Å². The van der Waals surface area contributed by atoms with E-state index >= 15 is 0 Å². The summed E-state index contributed by atoms with van der Waals surface area (Å²) in [4.78, 5) is 1.38. The van der Waals surface area contributed by atoms with E-state index in [9.17, 15) is 9.50 Å². The average molecular weight is 316 g/mol. The summed E-state index contributed by atoms with van der Waals surface area (Å²) in [5, 5.41) is 10.2. The highest BCUT2D eigenvalue weighted by Crippen LogP contribution is 2.37. The van der Waals surface area contributed by atoms with Gasteiger partial charge in [0.05, 0.1) is 11.6 Å². The first-order valence-corrected chi connectivity index (χ1v) is 7.89. The third-order valence-corrected chi connectivity index (χ3v) is 4.49. The Morgan fingerprint density at radius 3 is 2.43 bits per heavy atom.